The number of hydrogen-bond donors (Lipinski definition) is 1. The van der Waals surface area contributed by atoms with Crippen LogP contribution in [0, 0.1) is 18.3 Å². The molecular weight excluding hydrogens is 341 g/mol. The van der Waals surface area contributed by atoms with E-state index >= 15 is 0 Å². The summed E-state index contributed by atoms with van der Waals surface area (Å²) in [5.74, 6) is 2.29. The lowest BCUT2D eigenvalue weighted by atomic mass is 9.79. The Bertz CT molecular complexity index is 939. The number of nitrogens with zero attached hydrogens (tertiary/aromatic N) is 2. The van der Waals surface area contributed by atoms with Gasteiger partial charge in [0.25, 0.3) is 0 Å². The van der Waals surface area contributed by atoms with Crippen LogP contribution in [0.4, 0.5) is 4.39 Å². The SMILES string of the molecule is C#CCN(CC)C(=O)[C@@H]1C=C2c3cccc4[nH]cc(c34)C[C@H]2N(CCF)C1. The van der Waals surface area contributed by atoms with E-state index < -0.39 is 6.67 Å². The number of halogens is 1. The second-order valence-corrected chi connectivity index (χ2v) is 7.23. The van der Waals surface area contributed by atoms with Gasteiger partial charge in [0.1, 0.15) is 6.67 Å². The van der Waals surface area contributed by atoms with Gasteiger partial charge >= 0.3 is 0 Å². The number of H-pyrrole nitrogens is 1. The van der Waals surface area contributed by atoms with Crippen LogP contribution in [0.1, 0.15) is 18.1 Å². The Labute approximate surface area is 159 Å². The van der Waals surface area contributed by atoms with Crippen molar-refractivity contribution in [3.05, 3.63) is 41.6 Å². The zero-order chi connectivity index (χ0) is 19.0. The zero-order valence-corrected chi connectivity index (χ0v) is 15.5. The molecule has 1 aliphatic heterocycles. The number of aromatic amines is 1. The molecule has 0 saturated carbocycles. The average Bonchev–Trinajstić information content (AvgIpc) is 3.10. The smallest absolute Gasteiger partial charge is 0.231 e. The van der Waals surface area contributed by atoms with E-state index in [1.807, 2.05) is 13.0 Å². The number of nitrogens with one attached hydrogen (secondary N) is 1. The largest absolute Gasteiger partial charge is 0.361 e. The van der Waals surface area contributed by atoms with Crippen molar-refractivity contribution in [2.75, 3.05) is 32.9 Å². The fraction of sp³-hybridized carbons (Fsp3) is 0.409. The van der Waals surface area contributed by atoms with Gasteiger partial charge < -0.3 is 9.88 Å². The summed E-state index contributed by atoms with van der Waals surface area (Å²) in [6, 6.07) is 6.32. The zero-order valence-electron chi connectivity index (χ0n) is 15.5. The average molecular weight is 365 g/mol. The van der Waals surface area contributed by atoms with Crippen LogP contribution in [0.5, 0.6) is 0 Å². The summed E-state index contributed by atoms with van der Waals surface area (Å²) in [5.41, 5.74) is 4.66. The fourth-order valence-electron chi connectivity index (χ4n) is 4.53. The Morgan fingerprint density at radius 3 is 3.07 bits per heavy atom. The van der Waals surface area contributed by atoms with E-state index in [2.05, 4.69) is 40.2 Å². The molecule has 5 heteroatoms. The molecule has 2 aliphatic rings. The van der Waals surface area contributed by atoms with Gasteiger partial charge in [-0.25, -0.2) is 4.39 Å². The number of aromatic nitrogens is 1. The Hall–Kier alpha value is -2.58. The van der Waals surface area contributed by atoms with E-state index in [0.29, 0.717) is 26.2 Å². The van der Waals surface area contributed by atoms with Gasteiger partial charge in [0.05, 0.1) is 12.5 Å². The maximum absolute atomic E-state index is 13.3. The number of rotatable bonds is 5. The van der Waals surface area contributed by atoms with Crippen molar-refractivity contribution >= 4 is 22.4 Å². The fourth-order valence-corrected chi connectivity index (χ4v) is 4.53. The van der Waals surface area contributed by atoms with E-state index in [0.717, 1.165) is 23.1 Å². The Kier molecular flexibility index (Phi) is 4.75. The van der Waals surface area contributed by atoms with E-state index in [-0.39, 0.29) is 17.9 Å². The van der Waals surface area contributed by atoms with Crippen LogP contribution in [-0.4, -0.2) is 59.6 Å². The normalized spacial score (nSPS) is 21.4. The minimum Gasteiger partial charge on any atom is -0.361 e. The van der Waals surface area contributed by atoms with Crippen LogP contribution in [0.15, 0.2) is 30.5 Å². The monoisotopic (exact) mass is 365 g/mol. The molecule has 1 amide bonds. The first-order valence-electron chi connectivity index (χ1n) is 9.51. The molecule has 0 radical (unpaired) electrons. The maximum Gasteiger partial charge on any atom is 0.231 e. The van der Waals surface area contributed by atoms with Crippen LogP contribution in [0.2, 0.25) is 0 Å². The molecule has 1 N–H and O–H groups in total. The first-order chi connectivity index (χ1) is 13.2. The predicted molar refractivity (Wildman–Crippen MR) is 106 cm³/mol. The topological polar surface area (TPSA) is 39.3 Å². The van der Waals surface area contributed by atoms with Crippen molar-refractivity contribution in [2.45, 2.75) is 19.4 Å². The minimum absolute atomic E-state index is 0.0253. The molecule has 1 aromatic carbocycles. The summed E-state index contributed by atoms with van der Waals surface area (Å²) in [6.07, 6.45) is 10.4. The summed E-state index contributed by atoms with van der Waals surface area (Å²) >= 11 is 0. The number of alkyl halides is 1. The molecule has 2 atom stereocenters. The molecular formula is C22H24FN3O. The summed E-state index contributed by atoms with van der Waals surface area (Å²) in [7, 11) is 0. The highest BCUT2D eigenvalue weighted by molar-refractivity contribution is 5.99. The first-order valence-corrected chi connectivity index (χ1v) is 9.51. The second-order valence-electron chi connectivity index (χ2n) is 7.23. The van der Waals surface area contributed by atoms with Crippen molar-refractivity contribution in [1.82, 2.24) is 14.8 Å². The molecule has 4 nitrogen and oxygen atoms in total. The highest BCUT2D eigenvalue weighted by atomic mass is 19.1. The van der Waals surface area contributed by atoms with Gasteiger partial charge in [-0.3, -0.25) is 9.69 Å². The quantitative estimate of drug-likeness (QED) is 0.828. The lowest BCUT2D eigenvalue weighted by Gasteiger charge is -2.42. The Morgan fingerprint density at radius 1 is 1.48 bits per heavy atom. The number of amides is 1. The lowest BCUT2D eigenvalue weighted by Crippen LogP contribution is -2.50. The minimum atomic E-state index is -0.420. The Balaban J connectivity index is 1.78. The molecule has 0 bridgehead atoms. The van der Waals surface area contributed by atoms with Crippen molar-refractivity contribution < 1.29 is 9.18 Å². The van der Waals surface area contributed by atoms with E-state index in [9.17, 15) is 9.18 Å². The molecule has 2 heterocycles. The van der Waals surface area contributed by atoms with Gasteiger partial charge in [-0.1, -0.05) is 24.1 Å². The molecule has 2 aromatic rings. The molecule has 1 aromatic heterocycles. The summed E-state index contributed by atoms with van der Waals surface area (Å²) in [5, 5.41) is 1.23. The molecule has 0 fully saturated rings. The second kappa shape index (κ2) is 7.21. The molecule has 1 aliphatic carbocycles. The molecule has 0 spiro atoms. The van der Waals surface area contributed by atoms with Gasteiger partial charge in [-0.05, 0) is 36.1 Å². The van der Waals surface area contributed by atoms with E-state index in [4.69, 9.17) is 6.42 Å². The number of carbonyl (C=O) groups excluding carboxylic acids is 1. The molecule has 27 heavy (non-hydrogen) atoms. The third kappa shape index (κ3) is 2.94. The van der Waals surface area contributed by atoms with Gasteiger partial charge in [-0.2, -0.15) is 0 Å². The summed E-state index contributed by atoms with van der Waals surface area (Å²) in [4.78, 5) is 20.2. The van der Waals surface area contributed by atoms with Gasteiger partial charge in [0.2, 0.25) is 5.91 Å². The third-order valence-electron chi connectivity index (χ3n) is 5.79. The summed E-state index contributed by atoms with van der Waals surface area (Å²) in [6.45, 7) is 3.26. The number of terminal acetylenes is 1. The number of fused-ring (bicyclic) bond motifs is 2. The highest BCUT2D eigenvalue weighted by Crippen LogP contribution is 2.41. The first kappa shape index (κ1) is 17.8. The van der Waals surface area contributed by atoms with Crippen molar-refractivity contribution in [2.24, 2.45) is 5.92 Å². The van der Waals surface area contributed by atoms with Crippen molar-refractivity contribution in [1.29, 1.82) is 0 Å². The lowest BCUT2D eigenvalue weighted by molar-refractivity contribution is -0.134. The van der Waals surface area contributed by atoms with Gasteiger partial charge in [0, 0.05) is 42.8 Å². The van der Waals surface area contributed by atoms with Crippen LogP contribution >= 0.6 is 0 Å². The van der Waals surface area contributed by atoms with Crippen LogP contribution < -0.4 is 0 Å². The predicted octanol–water partition coefficient (Wildman–Crippen LogP) is 2.86. The third-order valence-corrected chi connectivity index (χ3v) is 5.79. The van der Waals surface area contributed by atoms with Crippen LogP contribution in [0.3, 0.4) is 0 Å². The molecule has 140 valence electrons. The molecule has 0 unspecified atom stereocenters. The number of carbonyl (C=O) groups is 1. The van der Waals surface area contributed by atoms with E-state index in [1.54, 1.807) is 4.90 Å². The van der Waals surface area contributed by atoms with Crippen molar-refractivity contribution in [3.63, 3.8) is 0 Å². The maximum atomic E-state index is 13.3. The van der Waals surface area contributed by atoms with Gasteiger partial charge in [0.15, 0.2) is 0 Å². The highest BCUT2D eigenvalue weighted by Gasteiger charge is 2.37. The van der Waals surface area contributed by atoms with Crippen LogP contribution in [0.25, 0.3) is 16.5 Å². The molecule has 0 saturated heterocycles. The number of benzene rings is 1. The van der Waals surface area contributed by atoms with Crippen LogP contribution in [-0.2, 0) is 11.2 Å². The Morgan fingerprint density at radius 2 is 2.33 bits per heavy atom. The standard InChI is InChI=1S/C22H24FN3O/c1-3-9-25(4-2)22(27)16-11-18-17-6-5-7-19-21(17)15(13-24-19)12-20(18)26(14-16)10-8-23/h1,5-7,11,13,16,20,24H,4,8-10,12,14H2,2H3/t16-,20-/m1/s1. The van der Waals surface area contributed by atoms with Gasteiger partial charge in [-0.15, -0.1) is 6.42 Å². The van der Waals surface area contributed by atoms with Crippen molar-refractivity contribution in [3.8, 4) is 12.3 Å². The summed E-state index contributed by atoms with van der Waals surface area (Å²) < 4.78 is 13.3. The number of hydrogen-bond acceptors (Lipinski definition) is 2. The molecule has 4 rings (SSSR count). The van der Waals surface area contributed by atoms with E-state index in [1.165, 1.54) is 10.9 Å².